The maximum absolute atomic E-state index is 14.9. The Morgan fingerprint density at radius 3 is 2.40 bits per heavy atom. The Labute approximate surface area is 143 Å². The number of fused-ring (bicyclic) bond motifs is 1. The third-order valence-electron chi connectivity index (χ3n) is 4.59. The molecular formula is C18H15FN2O4. The summed E-state index contributed by atoms with van der Waals surface area (Å²) in [6, 6.07) is 6.53. The number of allylic oxidation sites excluding steroid dienone is 2. The lowest BCUT2D eigenvalue weighted by Crippen LogP contribution is -2.45. The minimum Gasteiger partial charge on any atom is -0.442 e. The van der Waals surface area contributed by atoms with Gasteiger partial charge in [-0.05, 0) is 18.2 Å². The average Bonchev–Trinajstić information content (AvgIpc) is 3.10. The van der Waals surface area contributed by atoms with Crippen LogP contribution in [-0.4, -0.2) is 52.7 Å². The molecule has 0 bridgehead atoms. The monoisotopic (exact) mass is 342 g/mol. The van der Waals surface area contributed by atoms with Gasteiger partial charge >= 0.3 is 6.09 Å². The number of benzene rings is 1. The normalized spacial score (nSPS) is 27.9. The molecule has 3 amide bonds. The first-order valence-electron chi connectivity index (χ1n) is 7.96. The van der Waals surface area contributed by atoms with Gasteiger partial charge in [-0.2, -0.15) is 0 Å². The van der Waals surface area contributed by atoms with Gasteiger partial charge in [-0.25, -0.2) is 9.18 Å². The highest BCUT2D eigenvalue weighted by molar-refractivity contribution is 6.21. The Kier molecular flexibility index (Phi) is 3.45. The van der Waals surface area contributed by atoms with Crippen molar-refractivity contribution < 1.29 is 23.5 Å². The second-order valence-corrected chi connectivity index (χ2v) is 6.19. The fourth-order valence-electron chi connectivity index (χ4n) is 3.31. The van der Waals surface area contributed by atoms with E-state index >= 15 is 0 Å². The molecule has 1 aromatic rings. The fraction of sp³-hybridized carbons (Fsp3) is 0.278. The summed E-state index contributed by atoms with van der Waals surface area (Å²) in [4.78, 5) is 38.9. The average molecular weight is 342 g/mol. The molecule has 25 heavy (non-hydrogen) atoms. The van der Waals surface area contributed by atoms with Crippen LogP contribution < -0.4 is 0 Å². The zero-order valence-electron chi connectivity index (χ0n) is 13.2. The van der Waals surface area contributed by atoms with Crippen LogP contribution in [0, 0.1) is 0 Å². The number of carbonyl (C=O) groups excluding carboxylic acids is 3. The number of rotatable bonds is 3. The molecule has 0 saturated carbocycles. The van der Waals surface area contributed by atoms with E-state index in [0.717, 1.165) is 9.80 Å². The van der Waals surface area contributed by atoms with E-state index in [-0.39, 0.29) is 19.5 Å². The van der Waals surface area contributed by atoms with Crippen molar-refractivity contribution in [2.24, 2.45) is 0 Å². The Hall–Kier alpha value is -2.96. The number of ether oxygens (including phenoxy) is 1. The molecule has 2 aliphatic heterocycles. The summed E-state index contributed by atoms with van der Waals surface area (Å²) in [7, 11) is 0. The summed E-state index contributed by atoms with van der Waals surface area (Å²) in [5.74, 6) is -2.79. The summed E-state index contributed by atoms with van der Waals surface area (Å²) in [6.45, 7) is -0.120. The lowest BCUT2D eigenvalue weighted by Gasteiger charge is -2.30. The topological polar surface area (TPSA) is 66.9 Å². The van der Waals surface area contributed by atoms with E-state index in [4.69, 9.17) is 4.74 Å². The fourth-order valence-corrected chi connectivity index (χ4v) is 3.31. The highest BCUT2D eigenvalue weighted by Gasteiger charge is 2.47. The standard InChI is InChI=1S/C18H15FN2O4/c19-18(8-4-1-5-9-18)21-11-12(25-17(21)24)10-20-15(22)13-6-2-3-7-14(13)16(20)23/h1-8,12H,9-11H2. The molecule has 0 spiro atoms. The molecule has 0 N–H and O–H groups in total. The van der Waals surface area contributed by atoms with Crippen LogP contribution in [0.2, 0.25) is 0 Å². The molecular weight excluding hydrogens is 327 g/mol. The highest BCUT2D eigenvalue weighted by atomic mass is 19.1. The summed E-state index contributed by atoms with van der Waals surface area (Å²) in [6.07, 6.45) is 4.66. The van der Waals surface area contributed by atoms with E-state index in [1.54, 1.807) is 36.4 Å². The smallest absolute Gasteiger partial charge is 0.413 e. The Balaban J connectivity index is 1.49. The van der Waals surface area contributed by atoms with Gasteiger partial charge in [-0.1, -0.05) is 30.4 Å². The van der Waals surface area contributed by atoms with Crippen LogP contribution in [0.25, 0.3) is 0 Å². The Morgan fingerprint density at radius 1 is 1.12 bits per heavy atom. The molecule has 2 unspecified atom stereocenters. The molecule has 3 aliphatic rings. The van der Waals surface area contributed by atoms with Crippen LogP contribution in [0.5, 0.6) is 0 Å². The summed E-state index contributed by atoms with van der Waals surface area (Å²) in [5.41, 5.74) is 0.659. The first-order chi connectivity index (χ1) is 12.0. The van der Waals surface area contributed by atoms with Crippen LogP contribution in [0.3, 0.4) is 0 Å². The van der Waals surface area contributed by atoms with Gasteiger partial charge in [0.15, 0.2) is 0 Å². The minimum absolute atomic E-state index is 0.0269. The van der Waals surface area contributed by atoms with Crippen molar-refractivity contribution in [2.75, 3.05) is 13.1 Å². The zero-order chi connectivity index (χ0) is 17.6. The SMILES string of the molecule is O=C1c2ccccc2C(=O)N1CC1CN(C2(F)C=CC=CC2)C(=O)O1. The van der Waals surface area contributed by atoms with Gasteiger partial charge in [0.2, 0.25) is 5.79 Å². The summed E-state index contributed by atoms with van der Waals surface area (Å²) >= 11 is 0. The molecule has 0 radical (unpaired) electrons. The maximum Gasteiger partial charge on any atom is 0.413 e. The largest absolute Gasteiger partial charge is 0.442 e. The van der Waals surface area contributed by atoms with Crippen LogP contribution in [0.15, 0.2) is 48.6 Å². The van der Waals surface area contributed by atoms with Crippen molar-refractivity contribution in [3.63, 3.8) is 0 Å². The second-order valence-electron chi connectivity index (χ2n) is 6.19. The highest BCUT2D eigenvalue weighted by Crippen LogP contribution is 2.32. The predicted octanol–water partition coefficient (Wildman–Crippen LogP) is 2.29. The van der Waals surface area contributed by atoms with Gasteiger partial charge in [0.25, 0.3) is 11.8 Å². The predicted molar refractivity (Wildman–Crippen MR) is 85.5 cm³/mol. The van der Waals surface area contributed by atoms with Crippen LogP contribution >= 0.6 is 0 Å². The van der Waals surface area contributed by atoms with E-state index in [1.165, 1.54) is 12.2 Å². The molecule has 1 saturated heterocycles. The molecule has 0 aromatic heterocycles. The molecule has 1 aromatic carbocycles. The first kappa shape index (κ1) is 15.6. The van der Waals surface area contributed by atoms with E-state index in [0.29, 0.717) is 11.1 Å². The molecule has 2 heterocycles. The number of hydrogen-bond donors (Lipinski definition) is 0. The number of imide groups is 1. The number of cyclic esters (lactones) is 1. The van der Waals surface area contributed by atoms with Gasteiger partial charge in [0.1, 0.15) is 6.10 Å². The number of nitrogens with zero attached hydrogens (tertiary/aromatic N) is 2. The number of halogens is 1. The van der Waals surface area contributed by atoms with Crippen molar-refractivity contribution in [1.82, 2.24) is 9.80 Å². The van der Waals surface area contributed by atoms with Gasteiger partial charge in [0, 0.05) is 6.42 Å². The van der Waals surface area contributed by atoms with Crippen molar-refractivity contribution >= 4 is 17.9 Å². The number of carbonyl (C=O) groups is 3. The third kappa shape index (κ3) is 2.43. The van der Waals surface area contributed by atoms with Crippen molar-refractivity contribution in [2.45, 2.75) is 18.3 Å². The van der Waals surface area contributed by atoms with E-state index < -0.39 is 29.8 Å². The van der Waals surface area contributed by atoms with Gasteiger partial charge in [-0.3, -0.25) is 19.4 Å². The molecule has 1 aliphatic carbocycles. The van der Waals surface area contributed by atoms with Crippen molar-refractivity contribution in [1.29, 1.82) is 0 Å². The molecule has 1 fully saturated rings. The second kappa shape index (κ2) is 5.54. The first-order valence-corrected chi connectivity index (χ1v) is 7.96. The third-order valence-corrected chi connectivity index (χ3v) is 4.59. The zero-order valence-corrected chi connectivity index (χ0v) is 13.2. The summed E-state index contributed by atoms with van der Waals surface area (Å²) in [5, 5.41) is 0. The molecule has 6 nitrogen and oxygen atoms in total. The molecule has 7 heteroatoms. The van der Waals surface area contributed by atoms with Crippen LogP contribution in [0.1, 0.15) is 27.1 Å². The maximum atomic E-state index is 14.9. The Morgan fingerprint density at radius 2 is 1.80 bits per heavy atom. The van der Waals surface area contributed by atoms with Crippen molar-refractivity contribution in [3.05, 3.63) is 59.7 Å². The van der Waals surface area contributed by atoms with E-state index in [2.05, 4.69) is 0 Å². The quantitative estimate of drug-likeness (QED) is 0.624. The van der Waals surface area contributed by atoms with E-state index in [1.807, 2.05) is 0 Å². The lowest BCUT2D eigenvalue weighted by atomic mass is 10.0. The van der Waals surface area contributed by atoms with Crippen LogP contribution in [0.4, 0.5) is 9.18 Å². The number of alkyl halides is 1. The van der Waals surface area contributed by atoms with Crippen LogP contribution in [-0.2, 0) is 4.74 Å². The summed E-state index contributed by atoms with van der Waals surface area (Å²) < 4.78 is 20.1. The number of hydrogen-bond acceptors (Lipinski definition) is 4. The molecule has 4 rings (SSSR count). The van der Waals surface area contributed by atoms with Gasteiger partial charge in [0.05, 0.1) is 24.2 Å². The molecule has 2 atom stereocenters. The minimum atomic E-state index is -1.94. The van der Waals surface area contributed by atoms with Gasteiger partial charge in [-0.15, -0.1) is 0 Å². The molecule has 128 valence electrons. The Bertz CT molecular complexity index is 799. The number of amides is 3. The van der Waals surface area contributed by atoms with Crippen molar-refractivity contribution in [3.8, 4) is 0 Å². The lowest BCUT2D eigenvalue weighted by molar-refractivity contribution is 0.0479. The van der Waals surface area contributed by atoms with Gasteiger partial charge < -0.3 is 4.74 Å². The van der Waals surface area contributed by atoms with E-state index in [9.17, 15) is 18.8 Å².